The maximum Gasteiger partial charge on any atom is 0.261 e. The standard InChI is InChI=1S/C24H26N2O4S/c1-16-5-14-23(17(2)15-16)18(3)25-24(27)19-6-8-20(9-7-19)26-31(28,29)22-12-10-21(30-4)11-13-22/h5-15,18,26H,1-4H3,(H,25,27)/t18-/m0/s1. The zero-order chi connectivity index (χ0) is 22.6. The number of methoxy groups -OCH3 is 1. The van der Waals surface area contributed by atoms with Gasteiger partial charge in [-0.1, -0.05) is 23.8 Å². The number of anilines is 1. The largest absolute Gasteiger partial charge is 0.497 e. The third-order valence-corrected chi connectivity index (χ3v) is 6.41. The number of benzene rings is 3. The van der Waals surface area contributed by atoms with E-state index in [0.717, 1.165) is 11.1 Å². The van der Waals surface area contributed by atoms with E-state index in [9.17, 15) is 13.2 Å². The molecule has 1 amide bonds. The van der Waals surface area contributed by atoms with Crippen LogP contribution in [0.4, 0.5) is 5.69 Å². The van der Waals surface area contributed by atoms with Gasteiger partial charge in [-0.2, -0.15) is 0 Å². The molecule has 0 heterocycles. The van der Waals surface area contributed by atoms with Crippen molar-refractivity contribution >= 4 is 21.6 Å². The van der Waals surface area contributed by atoms with Gasteiger partial charge >= 0.3 is 0 Å². The lowest BCUT2D eigenvalue weighted by Crippen LogP contribution is -2.27. The summed E-state index contributed by atoms with van der Waals surface area (Å²) in [5, 5.41) is 2.99. The predicted molar refractivity (Wildman–Crippen MR) is 122 cm³/mol. The molecule has 31 heavy (non-hydrogen) atoms. The number of carbonyl (C=O) groups excluding carboxylic acids is 1. The quantitative estimate of drug-likeness (QED) is 0.564. The highest BCUT2D eigenvalue weighted by Crippen LogP contribution is 2.21. The first-order valence-corrected chi connectivity index (χ1v) is 11.3. The number of carbonyl (C=O) groups is 1. The number of aryl methyl sites for hydroxylation is 2. The van der Waals surface area contributed by atoms with Crippen molar-refractivity contribution in [3.05, 3.63) is 89.0 Å². The average molecular weight is 439 g/mol. The third-order valence-electron chi connectivity index (χ3n) is 5.01. The molecular weight excluding hydrogens is 412 g/mol. The summed E-state index contributed by atoms with van der Waals surface area (Å²) < 4.78 is 32.7. The van der Waals surface area contributed by atoms with Gasteiger partial charge in [0.25, 0.3) is 15.9 Å². The number of amides is 1. The van der Waals surface area contributed by atoms with Crippen LogP contribution in [0.15, 0.2) is 71.6 Å². The maximum absolute atomic E-state index is 12.6. The summed E-state index contributed by atoms with van der Waals surface area (Å²) in [6, 6.07) is 18.4. The highest BCUT2D eigenvalue weighted by atomic mass is 32.2. The molecule has 2 N–H and O–H groups in total. The van der Waals surface area contributed by atoms with Gasteiger partial charge in [0.15, 0.2) is 0 Å². The van der Waals surface area contributed by atoms with Gasteiger partial charge < -0.3 is 10.1 Å². The smallest absolute Gasteiger partial charge is 0.261 e. The summed E-state index contributed by atoms with van der Waals surface area (Å²) >= 11 is 0. The zero-order valence-corrected chi connectivity index (χ0v) is 18.8. The minimum Gasteiger partial charge on any atom is -0.497 e. The summed E-state index contributed by atoms with van der Waals surface area (Å²) in [4.78, 5) is 12.7. The lowest BCUT2D eigenvalue weighted by atomic mass is 10.00. The van der Waals surface area contributed by atoms with E-state index in [2.05, 4.69) is 16.1 Å². The molecule has 0 aliphatic carbocycles. The fraction of sp³-hybridized carbons (Fsp3) is 0.208. The summed E-state index contributed by atoms with van der Waals surface area (Å²) in [5.41, 5.74) is 4.17. The van der Waals surface area contributed by atoms with Crippen molar-refractivity contribution in [2.24, 2.45) is 0 Å². The second kappa shape index (κ2) is 9.22. The second-order valence-electron chi connectivity index (χ2n) is 7.41. The van der Waals surface area contributed by atoms with Crippen molar-refractivity contribution < 1.29 is 17.9 Å². The fourth-order valence-electron chi connectivity index (χ4n) is 3.33. The van der Waals surface area contributed by atoms with E-state index in [1.807, 2.05) is 32.9 Å². The number of ether oxygens (including phenoxy) is 1. The Morgan fingerprint density at radius 1 is 0.935 bits per heavy atom. The monoisotopic (exact) mass is 438 g/mol. The highest BCUT2D eigenvalue weighted by Gasteiger charge is 2.16. The van der Waals surface area contributed by atoms with Crippen molar-refractivity contribution in [3.63, 3.8) is 0 Å². The van der Waals surface area contributed by atoms with E-state index in [1.54, 1.807) is 36.4 Å². The van der Waals surface area contributed by atoms with E-state index in [1.165, 1.54) is 24.8 Å². The Hall–Kier alpha value is -3.32. The molecule has 0 unspecified atom stereocenters. The van der Waals surface area contributed by atoms with Crippen LogP contribution in [0.1, 0.15) is 40.0 Å². The van der Waals surface area contributed by atoms with Crippen LogP contribution in [0.5, 0.6) is 5.75 Å². The van der Waals surface area contributed by atoms with Gasteiger partial charge in [-0.15, -0.1) is 0 Å². The molecule has 0 radical (unpaired) electrons. The second-order valence-corrected chi connectivity index (χ2v) is 9.10. The van der Waals surface area contributed by atoms with Crippen molar-refractivity contribution in [2.75, 3.05) is 11.8 Å². The van der Waals surface area contributed by atoms with Gasteiger partial charge in [0.05, 0.1) is 18.0 Å². The Morgan fingerprint density at radius 2 is 1.58 bits per heavy atom. The SMILES string of the molecule is COc1ccc(S(=O)(=O)Nc2ccc(C(=O)N[C@@H](C)c3ccc(C)cc3C)cc2)cc1. The number of rotatable bonds is 7. The van der Waals surface area contributed by atoms with Crippen LogP contribution in [-0.2, 0) is 10.0 Å². The highest BCUT2D eigenvalue weighted by molar-refractivity contribution is 7.92. The first kappa shape index (κ1) is 22.4. The molecule has 0 spiro atoms. The molecule has 3 rings (SSSR count). The van der Waals surface area contributed by atoms with Gasteiger partial charge in [-0.3, -0.25) is 9.52 Å². The van der Waals surface area contributed by atoms with Gasteiger partial charge in [-0.05, 0) is 80.4 Å². The van der Waals surface area contributed by atoms with E-state index in [0.29, 0.717) is 17.0 Å². The zero-order valence-electron chi connectivity index (χ0n) is 18.0. The number of hydrogen-bond acceptors (Lipinski definition) is 4. The molecule has 1 atom stereocenters. The molecule has 0 aliphatic heterocycles. The molecule has 3 aromatic carbocycles. The van der Waals surface area contributed by atoms with Crippen molar-refractivity contribution in [3.8, 4) is 5.75 Å². The Kier molecular flexibility index (Phi) is 6.65. The molecule has 0 aliphatic rings. The molecule has 0 aromatic heterocycles. The van der Waals surface area contributed by atoms with Crippen LogP contribution in [0.3, 0.4) is 0 Å². The molecule has 0 fully saturated rings. The third kappa shape index (κ3) is 5.44. The van der Waals surface area contributed by atoms with E-state index >= 15 is 0 Å². The van der Waals surface area contributed by atoms with Gasteiger partial charge in [0.2, 0.25) is 0 Å². The van der Waals surface area contributed by atoms with Crippen molar-refractivity contribution in [1.29, 1.82) is 0 Å². The summed E-state index contributed by atoms with van der Waals surface area (Å²) in [5.74, 6) is 0.349. The van der Waals surface area contributed by atoms with Gasteiger partial charge in [0, 0.05) is 11.3 Å². The predicted octanol–water partition coefficient (Wildman–Crippen LogP) is 4.60. The van der Waals surface area contributed by atoms with Crippen LogP contribution in [0.2, 0.25) is 0 Å². The molecule has 0 saturated heterocycles. The Bertz CT molecular complexity index is 1170. The first-order chi connectivity index (χ1) is 14.7. The normalized spacial score (nSPS) is 12.1. The van der Waals surface area contributed by atoms with Gasteiger partial charge in [0.1, 0.15) is 5.75 Å². The lowest BCUT2D eigenvalue weighted by Gasteiger charge is -2.17. The van der Waals surface area contributed by atoms with Gasteiger partial charge in [-0.25, -0.2) is 8.42 Å². The number of nitrogens with one attached hydrogen (secondary N) is 2. The lowest BCUT2D eigenvalue weighted by molar-refractivity contribution is 0.0940. The van der Waals surface area contributed by atoms with Crippen molar-refractivity contribution in [1.82, 2.24) is 5.32 Å². The summed E-state index contributed by atoms with van der Waals surface area (Å²) in [6.45, 7) is 5.99. The van der Waals surface area contributed by atoms with E-state index in [4.69, 9.17) is 4.74 Å². The molecule has 162 valence electrons. The van der Waals surface area contributed by atoms with Crippen molar-refractivity contribution in [2.45, 2.75) is 31.7 Å². The maximum atomic E-state index is 12.6. The van der Waals surface area contributed by atoms with Crippen LogP contribution >= 0.6 is 0 Å². The molecule has 6 nitrogen and oxygen atoms in total. The molecule has 7 heteroatoms. The minimum absolute atomic E-state index is 0.123. The topological polar surface area (TPSA) is 84.5 Å². The number of sulfonamides is 1. The average Bonchev–Trinajstić information content (AvgIpc) is 2.73. The fourth-order valence-corrected chi connectivity index (χ4v) is 4.39. The first-order valence-electron chi connectivity index (χ1n) is 9.84. The Labute approximate surface area is 183 Å². The Balaban J connectivity index is 1.68. The van der Waals surface area contributed by atoms with Crippen LogP contribution < -0.4 is 14.8 Å². The number of hydrogen-bond donors (Lipinski definition) is 2. The van der Waals surface area contributed by atoms with Crippen LogP contribution in [-0.4, -0.2) is 21.4 Å². The molecule has 0 saturated carbocycles. The van der Waals surface area contributed by atoms with Crippen LogP contribution in [0.25, 0.3) is 0 Å². The van der Waals surface area contributed by atoms with E-state index < -0.39 is 10.0 Å². The molecule has 0 bridgehead atoms. The Morgan fingerprint density at radius 3 is 2.16 bits per heavy atom. The van der Waals surface area contributed by atoms with Crippen LogP contribution in [0, 0.1) is 13.8 Å². The molecule has 3 aromatic rings. The summed E-state index contributed by atoms with van der Waals surface area (Å²) in [7, 11) is -2.22. The minimum atomic E-state index is -3.74. The summed E-state index contributed by atoms with van der Waals surface area (Å²) in [6.07, 6.45) is 0. The van der Waals surface area contributed by atoms with E-state index in [-0.39, 0.29) is 16.8 Å². The molecular formula is C24H26N2O4S.